The number of nitrogens with zero attached hydrogens (tertiary/aromatic N) is 3. The van der Waals surface area contributed by atoms with E-state index in [0.29, 0.717) is 29.7 Å². The van der Waals surface area contributed by atoms with Crippen LogP contribution in [0.2, 0.25) is 0 Å². The fraction of sp³-hybridized carbons (Fsp3) is 0.167. The van der Waals surface area contributed by atoms with E-state index in [1.165, 1.54) is 6.26 Å². The second-order valence-electron chi connectivity index (χ2n) is 5.85. The van der Waals surface area contributed by atoms with Crippen LogP contribution < -0.4 is 4.74 Å². The van der Waals surface area contributed by atoms with Gasteiger partial charge in [0.25, 0.3) is 0 Å². The van der Waals surface area contributed by atoms with E-state index in [1.807, 2.05) is 6.92 Å². The Morgan fingerprint density at radius 3 is 2.64 bits per heavy atom. The monoisotopic (exact) mass is 337 g/mol. The van der Waals surface area contributed by atoms with Crippen LogP contribution in [0.25, 0.3) is 11.6 Å². The molecule has 0 saturated carbocycles. The van der Waals surface area contributed by atoms with Gasteiger partial charge in [0.15, 0.2) is 5.60 Å². The number of oxime groups is 1. The Kier molecular flexibility index (Phi) is 3.61. The molecule has 1 atom stereocenters. The highest BCUT2D eigenvalue weighted by molar-refractivity contribution is 5.80. The summed E-state index contributed by atoms with van der Waals surface area (Å²) >= 11 is 0. The zero-order valence-electron chi connectivity index (χ0n) is 13.4. The second-order valence-corrected chi connectivity index (χ2v) is 5.85. The number of oxazole rings is 1. The van der Waals surface area contributed by atoms with E-state index in [2.05, 4.69) is 15.1 Å². The van der Waals surface area contributed by atoms with Crippen LogP contribution in [0.4, 0.5) is 0 Å². The number of pyridine rings is 1. The third kappa shape index (κ3) is 3.03. The Morgan fingerprint density at radius 2 is 1.96 bits per heavy atom. The smallest absolute Gasteiger partial charge is 0.244 e. The maximum absolute atomic E-state index is 9.41. The minimum absolute atomic E-state index is 0.208. The van der Waals surface area contributed by atoms with Crippen molar-refractivity contribution < 1.29 is 19.1 Å². The molecule has 0 unspecified atom stereocenters. The molecule has 0 fully saturated rings. The molecule has 0 spiro atoms. The summed E-state index contributed by atoms with van der Waals surface area (Å²) in [5.74, 6) is 1.67. The molecule has 7 heteroatoms. The molecule has 0 saturated heterocycles. The van der Waals surface area contributed by atoms with Crippen LogP contribution in [0.3, 0.4) is 0 Å². The molecule has 1 aliphatic heterocycles. The van der Waals surface area contributed by atoms with Gasteiger partial charge in [-0.2, -0.15) is 0 Å². The highest BCUT2D eigenvalue weighted by Crippen LogP contribution is 2.35. The van der Waals surface area contributed by atoms with Gasteiger partial charge in [0.2, 0.25) is 11.8 Å². The van der Waals surface area contributed by atoms with Crippen molar-refractivity contribution in [3.8, 4) is 23.1 Å². The molecule has 3 aromatic rings. The predicted molar refractivity (Wildman–Crippen MR) is 89.0 cm³/mol. The zero-order chi connectivity index (χ0) is 17.3. The van der Waals surface area contributed by atoms with Crippen molar-refractivity contribution in [3.05, 3.63) is 60.6 Å². The first-order chi connectivity index (χ1) is 12.1. The normalized spacial score (nSPS) is 19.3. The topological polar surface area (TPSA) is 90.0 Å². The number of hydrogen-bond acceptors (Lipinski definition) is 7. The van der Waals surface area contributed by atoms with Crippen LogP contribution in [0, 0.1) is 0 Å². The quantitative estimate of drug-likeness (QED) is 0.787. The standard InChI is InChI=1S/C18H15N3O4/c1-18(12-2-4-13(22)5-3-12)10-16(21-25-18)24-14-6-7-15(20-11-14)17-19-8-9-23-17/h2-9,11,22H,10H2,1H3/t18-/m1/s1. The van der Waals surface area contributed by atoms with Crippen molar-refractivity contribution in [3.63, 3.8) is 0 Å². The van der Waals surface area contributed by atoms with Crippen LogP contribution in [0.1, 0.15) is 18.9 Å². The molecule has 7 nitrogen and oxygen atoms in total. The average Bonchev–Trinajstić information content (AvgIpc) is 3.27. The Morgan fingerprint density at radius 1 is 1.12 bits per heavy atom. The van der Waals surface area contributed by atoms with Gasteiger partial charge in [-0.05, 0) is 36.8 Å². The summed E-state index contributed by atoms with van der Waals surface area (Å²) in [6, 6.07) is 10.4. The van der Waals surface area contributed by atoms with Crippen molar-refractivity contribution in [1.82, 2.24) is 9.97 Å². The maximum atomic E-state index is 9.41. The van der Waals surface area contributed by atoms with Gasteiger partial charge in [-0.25, -0.2) is 9.97 Å². The summed E-state index contributed by atoms with van der Waals surface area (Å²) in [6.07, 6.45) is 5.11. The largest absolute Gasteiger partial charge is 0.508 e. The molecule has 3 heterocycles. The first-order valence-corrected chi connectivity index (χ1v) is 7.71. The molecular formula is C18H15N3O4. The molecule has 0 bridgehead atoms. The number of hydrogen-bond donors (Lipinski definition) is 1. The number of rotatable bonds is 3. The summed E-state index contributed by atoms with van der Waals surface area (Å²) in [5.41, 5.74) is 0.898. The number of phenols is 1. The lowest BCUT2D eigenvalue weighted by molar-refractivity contribution is -0.00742. The molecular weight excluding hydrogens is 322 g/mol. The second kappa shape index (κ2) is 5.94. The fourth-order valence-corrected chi connectivity index (χ4v) is 2.58. The Labute approximate surface area is 143 Å². The van der Waals surface area contributed by atoms with Crippen LogP contribution in [0.5, 0.6) is 11.5 Å². The summed E-state index contributed by atoms with van der Waals surface area (Å²) < 4.78 is 11.0. The van der Waals surface area contributed by atoms with E-state index >= 15 is 0 Å². The van der Waals surface area contributed by atoms with E-state index in [-0.39, 0.29) is 5.75 Å². The molecule has 0 aliphatic carbocycles. The molecule has 1 aliphatic rings. The molecule has 2 aromatic heterocycles. The lowest BCUT2D eigenvalue weighted by Gasteiger charge is -2.21. The molecule has 4 rings (SSSR count). The lowest BCUT2D eigenvalue weighted by atomic mass is 9.93. The first-order valence-electron chi connectivity index (χ1n) is 7.71. The fourth-order valence-electron chi connectivity index (χ4n) is 2.58. The van der Waals surface area contributed by atoms with E-state index in [9.17, 15) is 5.11 Å². The highest BCUT2D eigenvalue weighted by Gasteiger charge is 2.37. The van der Waals surface area contributed by atoms with Gasteiger partial charge in [0.1, 0.15) is 23.5 Å². The van der Waals surface area contributed by atoms with Gasteiger partial charge in [0, 0.05) is 0 Å². The van der Waals surface area contributed by atoms with Gasteiger partial charge in [-0.1, -0.05) is 17.3 Å². The molecule has 25 heavy (non-hydrogen) atoms. The average molecular weight is 337 g/mol. The van der Waals surface area contributed by atoms with Crippen LogP contribution in [-0.4, -0.2) is 21.0 Å². The number of ether oxygens (including phenoxy) is 1. The Hall–Kier alpha value is -3.35. The third-order valence-corrected chi connectivity index (χ3v) is 3.94. The summed E-state index contributed by atoms with van der Waals surface area (Å²) in [6.45, 7) is 1.92. The highest BCUT2D eigenvalue weighted by atomic mass is 16.7. The SMILES string of the molecule is C[C@]1(c2ccc(O)cc2)CC(Oc2ccc(-c3ncco3)nc2)=NO1. The molecule has 1 N–H and O–H groups in total. The van der Waals surface area contributed by atoms with Crippen LogP contribution in [0.15, 0.2) is 64.6 Å². The maximum Gasteiger partial charge on any atom is 0.244 e. The van der Waals surface area contributed by atoms with Crippen molar-refractivity contribution >= 4 is 5.90 Å². The number of aromatic hydroxyl groups is 1. The van der Waals surface area contributed by atoms with E-state index in [0.717, 1.165) is 5.56 Å². The van der Waals surface area contributed by atoms with Crippen LogP contribution >= 0.6 is 0 Å². The minimum Gasteiger partial charge on any atom is -0.508 e. The summed E-state index contributed by atoms with van der Waals surface area (Å²) in [4.78, 5) is 13.9. The Balaban J connectivity index is 1.44. The van der Waals surface area contributed by atoms with Gasteiger partial charge in [-0.3, -0.25) is 0 Å². The van der Waals surface area contributed by atoms with Crippen molar-refractivity contribution in [2.75, 3.05) is 0 Å². The summed E-state index contributed by atoms with van der Waals surface area (Å²) in [7, 11) is 0. The number of aromatic nitrogens is 2. The molecule has 0 amide bonds. The van der Waals surface area contributed by atoms with Gasteiger partial charge >= 0.3 is 0 Å². The van der Waals surface area contributed by atoms with Gasteiger partial charge in [-0.15, -0.1) is 0 Å². The van der Waals surface area contributed by atoms with Crippen molar-refractivity contribution in [2.24, 2.45) is 5.16 Å². The van der Waals surface area contributed by atoms with Gasteiger partial charge < -0.3 is 19.1 Å². The minimum atomic E-state index is -0.630. The molecule has 1 aromatic carbocycles. The lowest BCUT2D eigenvalue weighted by Crippen LogP contribution is -2.23. The van der Waals surface area contributed by atoms with E-state index < -0.39 is 5.60 Å². The third-order valence-electron chi connectivity index (χ3n) is 3.94. The van der Waals surface area contributed by atoms with E-state index in [1.54, 1.807) is 48.8 Å². The van der Waals surface area contributed by atoms with Gasteiger partial charge in [0.05, 0.1) is 18.8 Å². The predicted octanol–water partition coefficient (Wildman–Crippen LogP) is 3.47. The van der Waals surface area contributed by atoms with E-state index in [4.69, 9.17) is 14.0 Å². The molecule has 0 radical (unpaired) electrons. The number of phenolic OH excluding ortho intramolecular Hbond substituents is 1. The van der Waals surface area contributed by atoms with Crippen LogP contribution in [-0.2, 0) is 10.4 Å². The zero-order valence-corrected chi connectivity index (χ0v) is 13.4. The van der Waals surface area contributed by atoms with Crippen molar-refractivity contribution in [1.29, 1.82) is 0 Å². The summed E-state index contributed by atoms with van der Waals surface area (Å²) in [5, 5.41) is 13.4. The number of benzene rings is 1. The van der Waals surface area contributed by atoms with Crippen molar-refractivity contribution in [2.45, 2.75) is 18.9 Å². The first kappa shape index (κ1) is 15.2. The Bertz CT molecular complexity index is 889. The molecule has 126 valence electrons.